The van der Waals surface area contributed by atoms with Crippen LogP contribution in [-0.4, -0.2) is 24.0 Å². The number of aromatic nitrogens is 2. The normalized spacial score (nSPS) is 10.6. The Morgan fingerprint density at radius 2 is 1.79 bits per heavy atom. The highest BCUT2D eigenvalue weighted by Crippen LogP contribution is 2.36. The lowest BCUT2D eigenvalue weighted by Gasteiger charge is -2.16. The van der Waals surface area contributed by atoms with Gasteiger partial charge in [0.1, 0.15) is 12.4 Å². The molecular weight excluding hydrogens is 356 g/mol. The summed E-state index contributed by atoms with van der Waals surface area (Å²) in [6.45, 7) is 2.52. The van der Waals surface area contributed by atoms with Crippen LogP contribution in [0.15, 0.2) is 53.3 Å². The van der Waals surface area contributed by atoms with Gasteiger partial charge in [0.25, 0.3) is 11.4 Å². The van der Waals surface area contributed by atoms with Crippen LogP contribution in [0.25, 0.3) is 11.1 Å². The van der Waals surface area contributed by atoms with Gasteiger partial charge in [0.2, 0.25) is 0 Å². The highest BCUT2D eigenvalue weighted by Gasteiger charge is 2.21. The zero-order valence-corrected chi connectivity index (χ0v) is 16.6. The van der Waals surface area contributed by atoms with Gasteiger partial charge in [-0.05, 0) is 35.2 Å². The van der Waals surface area contributed by atoms with Crippen LogP contribution in [-0.2, 0) is 20.1 Å². The lowest BCUT2D eigenvalue weighted by molar-refractivity contribution is 0.306. The van der Waals surface area contributed by atoms with Crippen LogP contribution >= 0.6 is 0 Å². The minimum Gasteiger partial charge on any atom is -0.491 e. The molecule has 0 spiro atoms. The molecule has 0 fully saturated rings. The predicted octanol–water partition coefficient (Wildman–Crippen LogP) is 3.61. The van der Waals surface area contributed by atoms with E-state index in [1.165, 1.54) is 18.9 Å². The zero-order valence-electron chi connectivity index (χ0n) is 16.6. The molecule has 0 saturated carbocycles. The molecule has 0 bridgehead atoms. The van der Waals surface area contributed by atoms with Gasteiger partial charge in [-0.2, -0.15) is 0 Å². The van der Waals surface area contributed by atoms with Crippen LogP contribution in [0.5, 0.6) is 17.4 Å². The van der Waals surface area contributed by atoms with Gasteiger partial charge >= 0.3 is 0 Å². The number of hydrogen-bond donors (Lipinski definition) is 0. The SMILES string of the molecule is CCc1cc(OCc2ccccc2)ccc1-c1c(OC)c(OC)nn(C)c1=O. The number of benzene rings is 2. The first-order chi connectivity index (χ1) is 13.6. The Morgan fingerprint density at radius 1 is 1.04 bits per heavy atom. The lowest BCUT2D eigenvalue weighted by Crippen LogP contribution is -2.23. The fourth-order valence-electron chi connectivity index (χ4n) is 3.09. The van der Waals surface area contributed by atoms with Crippen LogP contribution in [0, 0.1) is 0 Å². The molecule has 0 amide bonds. The molecule has 6 nitrogen and oxygen atoms in total. The molecule has 0 aliphatic rings. The Hall–Kier alpha value is -3.28. The molecule has 3 rings (SSSR count). The molecule has 0 atom stereocenters. The topological polar surface area (TPSA) is 62.6 Å². The maximum absolute atomic E-state index is 12.8. The van der Waals surface area contributed by atoms with E-state index in [1.807, 2.05) is 55.5 Å². The van der Waals surface area contributed by atoms with Crippen LogP contribution in [0.2, 0.25) is 0 Å². The molecule has 6 heteroatoms. The summed E-state index contributed by atoms with van der Waals surface area (Å²) in [5, 5.41) is 4.12. The summed E-state index contributed by atoms with van der Waals surface area (Å²) in [7, 11) is 4.60. The molecular formula is C22H24N2O4. The summed E-state index contributed by atoms with van der Waals surface area (Å²) < 4.78 is 17.9. The van der Waals surface area contributed by atoms with Gasteiger partial charge in [-0.1, -0.05) is 43.3 Å². The summed E-state index contributed by atoms with van der Waals surface area (Å²) in [6.07, 6.45) is 0.731. The van der Waals surface area contributed by atoms with E-state index in [0.717, 1.165) is 28.9 Å². The van der Waals surface area contributed by atoms with Crippen LogP contribution in [0.4, 0.5) is 0 Å². The minimum absolute atomic E-state index is 0.245. The first kappa shape index (κ1) is 19.5. The number of nitrogens with zero attached hydrogens (tertiary/aromatic N) is 2. The van der Waals surface area contributed by atoms with Crippen LogP contribution in [0.1, 0.15) is 18.1 Å². The zero-order chi connectivity index (χ0) is 20.1. The van der Waals surface area contributed by atoms with Gasteiger partial charge in [-0.15, -0.1) is 5.10 Å². The number of rotatable bonds is 7. The summed E-state index contributed by atoms with van der Waals surface area (Å²) in [4.78, 5) is 12.8. The maximum Gasteiger partial charge on any atom is 0.278 e. The molecule has 0 unspecified atom stereocenters. The summed E-state index contributed by atoms with van der Waals surface area (Å²) in [5.74, 6) is 1.35. The molecule has 3 aromatic rings. The maximum atomic E-state index is 12.8. The fraction of sp³-hybridized carbons (Fsp3) is 0.273. The van der Waals surface area contributed by atoms with E-state index in [0.29, 0.717) is 17.9 Å². The third-order valence-electron chi connectivity index (χ3n) is 4.54. The summed E-state index contributed by atoms with van der Waals surface area (Å²) in [5.41, 5.74) is 3.05. The fourth-order valence-corrected chi connectivity index (χ4v) is 3.09. The Morgan fingerprint density at radius 3 is 2.43 bits per heavy atom. The predicted molar refractivity (Wildman–Crippen MR) is 108 cm³/mol. The first-order valence-corrected chi connectivity index (χ1v) is 9.08. The number of hydrogen-bond acceptors (Lipinski definition) is 5. The smallest absolute Gasteiger partial charge is 0.278 e. The largest absolute Gasteiger partial charge is 0.491 e. The van der Waals surface area contributed by atoms with Gasteiger partial charge in [-0.25, -0.2) is 4.68 Å². The van der Waals surface area contributed by atoms with Crippen molar-refractivity contribution in [3.63, 3.8) is 0 Å². The highest BCUT2D eigenvalue weighted by molar-refractivity contribution is 5.75. The van der Waals surface area contributed by atoms with E-state index in [2.05, 4.69) is 5.10 Å². The summed E-state index contributed by atoms with van der Waals surface area (Å²) >= 11 is 0. The first-order valence-electron chi connectivity index (χ1n) is 9.08. The third-order valence-corrected chi connectivity index (χ3v) is 4.54. The minimum atomic E-state index is -0.245. The molecule has 0 aliphatic heterocycles. The highest BCUT2D eigenvalue weighted by atomic mass is 16.5. The van der Waals surface area contributed by atoms with Gasteiger partial charge < -0.3 is 14.2 Å². The molecule has 0 saturated heterocycles. The molecule has 0 radical (unpaired) electrons. The van der Waals surface area contributed by atoms with Crippen molar-refractivity contribution >= 4 is 0 Å². The van der Waals surface area contributed by atoms with Gasteiger partial charge in [0, 0.05) is 7.05 Å². The summed E-state index contributed by atoms with van der Waals surface area (Å²) in [6, 6.07) is 15.7. The van der Waals surface area contributed by atoms with Gasteiger partial charge in [-0.3, -0.25) is 4.79 Å². The average molecular weight is 380 g/mol. The quantitative estimate of drug-likeness (QED) is 0.627. The second-order valence-electron chi connectivity index (χ2n) is 6.29. The Bertz CT molecular complexity index is 1010. The van der Waals surface area contributed by atoms with Crippen molar-refractivity contribution in [2.75, 3.05) is 14.2 Å². The van der Waals surface area contributed by atoms with Gasteiger partial charge in [0.05, 0.1) is 19.8 Å². The monoisotopic (exact) mass is 380 g/mol. The third kappa shape index (κ3) is 3.86. The molecule has 2 aromatic carbocycles. The van der Waals surface area contributed by atoms with Crippen molar-refractivity contribution in [3.8, 4) is 28.5 Å². The molecule has 146 valence electrons. The Kier molecular flexibility index (Phi) is 5.99. The molecule has 28 heavy (non-hydrogen) atoms. The van der Waals surface area contributed by atoms with Crippen LogP contribution in [0.3, 0.4) is 0 Å². The van der Waals surface area contributed by atoms with Crippen molar-refractivity contribution in [1.82, 2.24) is 9.78 Å². The Labute approximate surface area is 164 Å². The van der Waals surface area contributed by atoms with E-state index in [1.54, 1.807) is 7.05 Å². The van der Waals surface area contributed by atoms with Crippen molar-refractivity contribution in [2.24, 2.45) is 7.05 Å². The number of ether oxygens (including phenoxy) is 3. The van der Waals surface area contributed by atoms with Crippen LogP contribution < -0.4 is 19.8 Å². The van der Waals surface area contributed by atoms with E-state index in [4.69, 9.17) is 14.2 Å². The molecule has 0 aliphatic carbocycles. The second-order valence-corrected chi connectivity index (χ2v) is 6.29. The lowest BCUT2D eigenvalue weighted by atomic mass is 9.98. The van der Waals surface area contributed by atoms with E-state index in [-0.39, 0.29) is 11.4 Å². The van der Waals surface area contributed by atoms with Crippen molar-refractivity contribution < 1.29 is 14.2 Å². The van der Waals surface area contributed by atoms with E-state index in [9.17, 15) is 4.79 Å². The van der Waals surface area contributed by atoms with E-state index < -0.39 is 0 Å². The van der Waals surface area contributed by atoms with Crippen molar-refractivity contribution in [2.45, 2.75) is 20.0 Å². The molecule has 0 N–H and O–H groups in total. The Balaban J connectivity index is 2.02. The standard InChI is InChI=1S/C22H24N2O4/c1-5-16-13-17(28-14-15-9-7-6-8-10-15)11-12-18(16)19-20(26-3)21(27-4)23-24(2)22(19)25/h6-13H,5,14H2,1-4H3. The second kappa shape index (κ2) is 8.61. The van der Waals surface area contributed by atoms with Gasteiger partial charge in [0.15, 0.2) is 5.75 Å². The van der Waals surface area contributed by atoms with Crippen molar-refractivity contribution in [1.29, 1.82) is 0 Å². The average Bonchev–Trinajstić information content (AvgIpc) is 2.74. The van der Waals surface area contributed by atoms with E-state index >= 15 is 0 Å². The number of aryl methyl sites for hydroxylation is 2. The number of methoxy groups -OCH3 is 2. The molecule has 1 aromatic heterocycles. The van der Waals surface area contributed by atoms with Crippen molar-refractivity contribution in [3.05, 3.63) is 70.0 Å². The molecule has 1 heterocycles.